The molecule has 27 heavy (non-hydrogen) atoms. The third-order valence-corrected chi connectivity index (χ3v) is 5.21. The first kappa shape index (κ1) is 19.9. The molecule has 0 aliphatic carbocycles. The van der Waals surface area contributed by atoms with Gasteiger partial charge in [0.25, 0.3) is 0 Å². The van der Waals surface area contributed by atoms with Crippen molar-refractivity contribution in [2.24, 2.45) is 0 Å². The Labute approximate surface area is 166 Å². The highest BCUT2D eigenvalue weighted by Crippen LogP contribution is 2.23. The summed E-state index contributed by atoms with van der Waals surface area (Å²) >= 11 is 6.04. The second-order valence-electron chi connectivity index (χ2n) is 7.01. The van der Waals surface area contributed by atoms with E-state index in [1.807, 2.05) is 30.3 Å². The molecule has 4 nitrogen and oxygen atoms in total. The number of carbonyl (C=O) groups is 1. The van der Waals surface area contributed by atoms with E-state index in [0.29, 0.717) is 13.0 Å². The predicted molar refractivity (Wildman–Crippen MR) is 109 cm³/mol. The summed E-state index contributed by atoms with van der Waals surface area (Å²) in [5.41, 5.74) is 3.59. The van der Waals surface area contributed by atoms with E-state index in [-0.39, 0.29) is 11.9 Å². The number of halogens is 1. The fourth-order valence-corrected chi connectivity index (χ4v) is 3.58. The molecule has 0 spiro atoms. The Morgan fingerprint density at radius 3 is 2.63 bits per heavy atom. The number of hydrogen-bond donors (Lipinski definition) is 1. The molecule has 1 fully saturated rings. The van der Waals surface area contributed by atoms with Gasteiger partial charge in [0.2, 0.25) is 5.91 Å². The fraction of sp³-hybridized carbons (Fsp3) is 0.409. The normalized spacial score (nSPS) is 16.1. The van der Waals surface area contributed by atoms with Crippen molar-refractivity contribution in [3.63, 3.8) is 0 Å². The number of hydrogen-bond acceptors (Lipinski definition) is 3. The number of benzene rings is 2. The van der Waals surface area contributed by atoms with Gasteiger partial charge in [0.05, 0.1) is 19.3 Å². The summed E-state index contributed by atoms with van der Waals surface area (Å²) in [6, 6.07) is 16.4. The number of amides is 1. The zero-order chi connectivity index (χ0) is 19.1. The molecule has 0 bridgehead atoms. The van der Waals surface area contributed by atoms with Crippen LogP contribution in [0.15, 0.2) is 48.5 Å². The van der Waals surface area contributed by atoms with Crippen molar-refractivity contribution >= 4 is 17.5 Å². The minimum absolute atomic E-state index is 0.0868. The third-order valence-electron chi connectivity index (χ3n) is 4.96. The fourth-order valence-electron chi connectivity index (χ4n) is 3.46. The molecule has 1 amide bonds. The van der Waals surface area contributed by atoms with Crippen molar-refractivity contribution in [3.8, 4) is 0 Å². The minimum Gasteiger partial charge on any atom is -0.379 e. The summed E-state index contributed by atoms with van der Waals surface area (Å²) in [5.74, 6) is 0.0868. The Hall–Kier alpha value is -1.88. The molecule has 2 aromatic carbocycles. The van der Waals surface area contributed by atoms with Gasteiger partial charge in [0.1, 0.15) is 0 Å². The monoisotopic (exact) mass is 386 g/mol. The van der Waals surface area contributed by atoms with Crippen molar-refractivity contribution in [2.45, 2.75) is 25.8 Å². The van der Waals surface area contributed by atoms with Crippen LogP contribution in [0.5, 0.6) is 0 Å². The first-order chi connectivity index (χ1) is 13.1. The zero-order valence-corrected chi connectivity index (χ0v) is 16.5. The Morgan fingerprint density at radius 1 is 1.19 bits per heavy atom. The molecule has 1 aliphatic rings. The second kappa shape index (κ2) is 9.88. The lowest BCUT2D eigenvalue weighted by atomic mass is 10.0. The first-order valence-electron chi connectivity index (χ1n) is 9.51. The number of carbonyl (C=O) groups excluding carboxylic acids is 1. The van der Waals surface area contributed by atoms with Crippen molar-refractivity contribution in [3.05, 3.63) is 70.2 Å². The van der Waals surface area contributed by atoms with E-state index in [9.17, 15) is 4.79 Å². The van der Waals surface area contributed by atoms with Crippen molar-refractivity contribution < 1.29 is 9.53 Å². The summed E-state index contributed by atoms with van der Waals surface area (Å²) in [7, 11) is 0. The molecule has 2 aromatic rings. The molecule has 3 rings (SSSR count). The van der Waals surface area contributed by atoms with E-state index >= 15 is 0 Å². The van der Waals surface area contributed by atoms with E-state index < -0.39 is 0 Å². The van der Waals surface area contributed by atoms with Crippen LogP contribution in [0, 0.1) is 6.92 Å². The Bertz CT molecular complexity index is 742. The molecule has 1 aliphatic heterocycles. The molecule has 0 saturated carbocycles. The van der Waals surface area contributed by atoms with Crippen LogP contribution in [0.2, 0.25) is 5.02 Å². The molecule has 1 heterocycles. The van der Waals surface area contributed by atoms with Gasteiger partial charge < -0.3 is 10.1 Å². The highest BCUT2D eigenvalue weighted by atomic mass is 35.5. The van der Waals surface area contributed by atoms with Crippen LogP contribution in [0.25, 0.3) is 0 Å². The number of morpholine rings is 1. The van der Waals surface area contributed by atoms with Gasteiger partial charge >= 0.3 is 0 Å². The number of nitrogens with one attached hydrogen (secondary N) is 1. The Balaban J connectivity index is 1.58. The molecule has 144 valence electrons. The third kappa shape index (κ3) is 6.06. The van der Waals surface area contributed by atoms with E-state index in [4.69, 9.17) is 16.3 Å². The van der Waals surface area contributed by atoms with Crippen LogP contribution in [0.4, 0.5) is 0 Å². The lowest BCUT2D eigenvalue weighted by Crippen LogP contribution is -2.43. The van der Waals surface area contributed by atoms with Gasteiger partial charge in [-0.05, 0) is 36.6 Å². The molecule has 1 saturated heterocycles. The lowest BCUT2D eigenvalue weighted by Gasteiger charge is -2.35. The number of rotatable bonds is 7. The van der Waals surface area contributed by atoms with Gasteiger partial charge in [0, 0.05) is 31.1 Å². The average molecular weight is 387 g/mol. The molecule has 1 atom stereocenters. The van der Waals surface area contributed by atoms with Crippen molar-refractivity contribution in [2.75, 3.05) is 32.8 Å². The topological polar surface area (TPSA) is 41.6 Å². The van der Waals surface area contributed by atoms with Crippen LogP contribution in [-0.4, -0.2) is 43.7 Å². The molecule has 1 unspecified atom stereocenters. The average Bonchev–Trinajstić information content (AvgIpc) is 2.69. The first-order valence-corrected chi connectivity index (χ1v) is 9.89. The Kier molecular flexibility index (Phi) is 7.27. The largest absolute Gasteiger partial charge is 0.379 e. The van der Waals surface area contributed by atoms with Gasteiger partial charge in [-0.25, -0.2) is 0 Å². The number of nitrogens with zero attached hydrogens (tertiary/aromatic N) is 1. The van der Waals surface area contributed by atoms with Gasteiger partial charge in [-0.15, -0.1) is 0 Å². The minimum atomic E-state index is 0.0868. The summed E-state index contributed by atoms with van der Waals surface area (Å²) in [4.78, 5) is 14.8. The maximum Gasteiger partial charge on any atom is 0.220 e. The van der Waals surface area contributed by atoms with Gasteiger partial charge in [-0.2, -0.15) is 0 Å². The second-order valence-corrected chi connectivity index (χ2v) is 7.45. The SMILES string of the molecule is Cc1cccc(CCC(=O)NCC(c2ccc(Cl)cc2)N2CCOCC2)c1. The van der Waals surface area contributed by atoms with E-state index in [1.165, 1.54) is 16.7 Å². The van der Waals surface area contributed by atoms with E-state index in [1.54, 1.807) is 0 Å². The van der Waals surface area contributed by atoms with Crippen LogP contribution in [0.3, 0.4) is 0 Å². The lowest BCUT2D eigenvalue weighted by molar-refractivity contribution is -0.121. The van der Waals surface area contributed by atoms with Gasteiger partial charge in [0.15, 0.2) is 0 Å². The molecule has 0 aromatic heterocycles. The van der Waals surface area contributed by atoms with Crippen LogP contribution >= 0.6 is 11.6 Å². The maximum atomic E-state index is 12.4. The molecule has 5 heteroatoms. The standard InChI is InChI=1S/C22H27ClN2O2/c1-17-3-2-4-18(15-17)5-10-22(26)24-16-21(25-11-13-27-14-12-25)19-6-8-20(23)9-7-19/h2-4,6-9,15,21H,5,10-14,16H2,1H3,(H,24,26). The van der Waals surface area contributed by atoms with Crippen molar-refractivity contribution in [1.82, 2.24) is 10.2 Å². The van der Waals surface area contributed by atoms with Crippen molar-refractivity contribution in [1.29, 1.82) is 0 Å². The summed E-state index contributed by atoms with van der Waals surface area (Å²) in [6.07, 6.45) is 1.26. The molecule has 0 radical (unpaired) electrons. The quantitative estimate of drug-likeness (QED) is 0.787. The van der Waals surface area contributed by atoms with Crippen LogP contribution < -0.4 is 5.32 Å². The number of ether oxygens (including phenoxy) is 1. The van der Waals surface area contributed by atoms with Gasteiger partial charge in [-0.3, -0.25) is 9.69 Å². The number of aryl methyl sites for hydroxylation is 2. The molecular formula is C22H27ClN2O2. The smallest absolute Gasteiger partial charge is 0.220 e. The molecular weight excluding hydrogens is 360 g/mol. The van der Waals surface area contributed by atoms with Gasteiger partial charge in [-0.1, -0.05) is 53.6 Å². The van der Waals surface area contributed by atoms with Crippen LogP contribution in [-0.2, 0) is 16.0 Å². The predicted octanol–water partition coefficient (Wildman–Crippen LogP) is 3.77. The zero-order valence-electron chi connectivity index (χ0n) is 15.8. The van der Waals surface area contributed by atoms with E-state index in [0.717, 1.165) is 37.7 Å². The summed E-state index contributed by atoms with van der Waals surface area (Å²) < 4.78 is 5.48. The highest BCUT2D eigenvalue weighted by molar-refractivity contribution is 6.30. The highest BCUT2D eigenvalue weighted by Gasteiger charge is 2.23. The Morgan fingerprint density at radius 2 is 1.93 bits per heavy atom. The summed E-state index contributed by atoms with van der Waals surface area (Å²) in [6.45, 7) is 5.85. The van der Waals surface area contributed by atoms with Crippen LogP contribution in [0.1, 0.15) is 29.2 Å². The maximum absolute atomic E-state index is 12.4. The summed E-state index contributed by atoms with van der Waals surface area (Å²) in [5, 5.41) is 3.85. The van der Waals surface area contributed by atoms with E-state index in [2.05, 4.69) is 35.3 Å². The molecule has 1 N–H and O–H groups in total.